The van der Waals surface area contributed by atoms with Crippen molar-refractivity contribution in [1.29, 1.82) is 0 Å². The summed E-state index contributed by atoms with van der Waals surface area (Å²) in [5.41, 5.74) is 0.222. The van der Waals surface area contributed by atoms with E-state index in [0.29, 0.717) is 37.7 Å². The molecule has 114 valence electrons. The fraction of sp³-hybridized carbons (Fsp3) is 0.500. The van der Waals surface area contributed by atoms with Crippen LogP contribution in [0.5, 0.6) is 5.75 Å². The molecule has 0 heterocycles. The van der Waals surface area contributed by atoms with Crippen LogP contribution in [0.15, 0.2) is 29.3 Å². The molecule has 0 amide bonds. The van der Waals surface area contributed by atoms with Crippen LogP contribution in [0.3, 0.4) is 0 Å². The summed E-state index contributed by atoms with van der Waals surface area (Å²) in [4.78, 5) is 25.2. The molecule has 0 aliphatic heterocycles. The van der Waals surface area contributed by atoms with Crippen molar-refractivity contribution in [2.24, 2.45) is 10.4 Å². The van der Waals surface area contributed by atoms with Crippen molar-refractivity contribution in [2.75, 3.05) is 19.8 Å². The summed E-state index contributed by atoms with van der Waals surface area (Å²) in [6.07, 6.45) is 1.89. The van der Waals surface area contributed by atoms with E-state index in [2.05, 4.69) is 4.99 Å². The Kier molecular flexibility index (Phi) is 6.79. The van der Waals surface area contributed by atoms with E-state index in [1.165, 1.54) is 6.08 Å². The average molecular weight is 291 g/mol. The summed E-state index contributed by atoms with van der Waals surface area (Å²) in [7, 11) is 0. The lowest BCUT2D eigenvalue weighted by Gasteiger charge is -2.16. The number of ether oxygens (including phenoxy) is 2. The van der Waals surface area contributed by atoms with Crippen molar-refractivity contribution >= 4 is 17.6 Å². The molecule has 5 nitrogen and oxygen atoms in total. The maximum atomic E-state index is 11.7. The molecule has 0 N–H and O–H groups in total. The number of hydrogen-bond acceptors (Lipinski definition) is 5. The molecule has 21 heavy (non-hydrogen) atoms. The molecule has 0 unspecified atom stereocenters. The van der Waals surface area contributed by atoms with Crippen LogP contribution in [0.2, 0.25) is 0 Å². The summed E-state index contributed by atoms with van der Waals surface area (Å²) in [6.45, 7) is 6.93. The second kappa shape index (κ2) is 8.35. The van der Waals surface area contributed by atoms with Crippen LogP contribution in [-0.2, 0) is 14.3 Å². The fourth-order valence-corrected chi connectivity index (χ4v) is 1.53. The second-order valence-corrected chi connectivity index (χ2v) is 5.58. The summed E-state index contributed by atoms with van der Waals surface area (Å²) >= 11 is 0. The molecule has 0 radical (unpaired) electrons. The van der Waals surface area contributed by atoms with E-state index in [-0.39, 0.29) is 11.2 Å². The number of benzene rings is 1. The molecule has 0 atom stereocenters. The van der Waals surface area contributed by atoms with Gasteiger partial charge >= 0.3 is 0 Å². The number of nitrogens with zero attached hydrogens (tertiary/aromatic N) is 1. The SMILES string of the molecule is CC(C)(C)C(=O)CCOCCOc1ccc(N=C=O)cc1. The van der Waals surface area contributed by atoms with E-state index in [0.717, 1.165) is 0 Å². The van der Waals surface area contributed by atoms with Crippen molar-refractivity contribution in [2.45, 2.75) is 27.2 Å². The number of carbonyl (C=O) groups excluding carboxylic acids is 2. The largest absolute Gasteiger partial charge is 0.491 e. The van der Waals surface area contributed by atoms with Crippen LogP contribution in [-0.4, -0.2) is 31.7 Å². The Morgan fingerprint density at radius 1 is 1.14 bits per heavy atom. The summed E-state index contributed by atoms with van der Waals surface area (Å²) in [6, 6.07) is 6.78. The lowest BCUT2D eigenvalue weighted by Crippen LogP contribution is -2.22. The number of ketones is 1. The normalized spacial score (nSPS) is 10.8. The van der Waals surface area contributed by atoms with Gasteiger partial charge in [0.25, 0.3) is 0 Å². The second-order valence-electron chi connectivity index (χ2n) is 5.58. The molecule has 0 aliphatic rings. The van der Waals surface area contributed by atoms with Gasteiger partial charge in [-0.05, 0) is 24.3 Å². The number of Topliss-reactive ketones (excluding diaryl/α,β-unsaturated/α-hetero) is 1. The van der Waals surface area contributed by atoms with Crippen molar-refractivity contribution in [1.82, 2.24) is 0 Å². The first-order valence-electron chi connectivity index (χ1n) is 6.85. The Labute approximate surface area is 125 Å². The lowest BCUT2D eigenvalue weighted by molar-refractivity contribution is -0.127. The molecular formula is C16H21NO4. The summed E-state index contributed by atoms with van der Waals surface area (Å²) in [5.74, 6) is 0.865. The van der Waals surface area contributed by atoms with Crippen molar-refractivity contribution in [3.8, 4) is 5.75 Å². The molecule has 0 bridgehead atoms. The zero-order valence-electron chi connectivity index (χ0n) is 12.7. The number of isocyanates is 1. The van der Waals surface area contributed by atoms with Crippen molar-refractivity contribution in [3.05, 3.63) is 24.3 Å². The van der Waals surface area contributed by atoms with Gasteiger partial charge in [-0.25, -0.2) is 4.79 Å². The standard InChI is InChI=1S/C16H21NO4/c1-16(2,3)15(19)8-9-20-10-11-21-14-6-4-13(5-7-14)17-12-18/h4-7H,8-11H2,1-3H3. The molecule has 1 rings (SSSR count). The van der Waals surface area contributed by atoms with Gasteiger partial charge in [0.05, 0.1) is 18.9 Å². The van der Waals surface area contributed by atoms with Crippen LogP contribution < -0.4 is 4.74 Å². The molecule has 0 saturated heterocycles. The summed E-state index contributed by atoms with van der Waals surface area (Å²) in [5, 5.41) is 0. The first-order valence-corrected chi connectivity index (χ1v) is 6.85. The van der Waals surface area contributed by atoms with E-state index in [4.69, 9.17) is 9.47 Å². The maximum absolute atomic E-state index is 11.7. The molecule has 0 aromatic heterocycles. The van der Waals surface area contributed by atoms with Crippen LogP contribution in [0, 0.1) is 5.41 Å². The summed E-state index contributed by atoms with van der Waals surface area (Å²) < 4.78 is 10.8. The predicted molar refractivity (Wildman–Crippen MR) is 79.6 cm³/mol. The van der Waals surface area contributed by atoms with Gasteiger partial charge in [0.1, 0.15) is 18.1 Å². The highest BCUT2D eigenvalue weighted by atomic mass is 16.5. The predicted octanol–water partition coefficient (Wildman–Crippen LogP) is 3.05. The Morgan fingerprint density at radius 3 is 2.38 bits per heavy atom. The van der Waals surface area contributed by atoms with Crippen LogP contribution in [0.4, 0.5) is 5.69 Å². The Hall–Kier alpha value is -1.97. The number of carbonyl (C=O) groups is 1. The highest BCUT2D eigenvalue weighted by molar-refractivity contribution is 5.83. The van der Waals surface area contributed by atoms with Gasteiger partial charge in [0.15, 0.2) is 0 Å². The molecule has 0 saturated carbocycles. The minimum atomic E-state index is -0.314. The molecule has 1 aromatic carbocycles. The maximum Gasteiger partial charge on any atom is 0.240 e. The Balaban J connectivity index is 2.17. The Morgan fingerprint density at radius 2 is 1.81 bits per heavy atom. The first kappa shape index (κ1) is 17.1. The van der Waals surface area contributed by atoms with E-state index < -0.39 is 0 Å². The quantitative estimate of drug-likeness (QED) is 0.419. The van der Waals surface area contributed by atoms with Crippen molar-refractivity contribution < 1.29 is 19.1 Å². The van der Waals surface area contributed by atoms with E-state index >= 15 is 0 Å². The Bertz CT molecular complexity index is 496. The minimum Gasteiger partial charge on any atom is -0.491 e. The third kappa shape index (κ3) is 6.84. The van der Waals surface area contributed by atoms with Crippen LogP contribution >= 0.6 is 0 Å². The van der Waals surface area contributed by atoms with E-state index in [1.807, 2.05) is 20.8 Å². The van der Waals surface area contributed by atoms with Crippen molar-refractivity contribution in [3.63, 3.8) is 0 Å². The molecule has 0 aliphatic carbocycles. The van der Waals surface area contributed by atoms with Crippen LogP contribution in [0.25, 0.3) is 0 Å². The molecule has 5 heteroatoms. The smallest absolute Gasteiger partial charge is 0.240 e. The van der Waals surface area contributed by atoms with Gasteiger partial charge in [-0.3, -0.25) is 4.79 Å². The van der Waals surface area contributed by atoms with Crippen LogP contribution in [0.1, 0.15) is 27.2 Å². The third-order valence-corrected chi connectivity index (χ3v) is 2.82. The molecule has 0 fully saturated rings. The molecular weight excluding hydrogens is 270 g/mol. The lowest BCUT2D eigenvalue weighted by atomic mass is 9.89. The van der Waals surface area contributed by atoms with Gasteiger partial charge in [0, 0.05) is 11.8 Å². The zero-order valence-corrected chi connectivity index (χ0v) is 12.7. The fourth-order valence-electron chi connectivity index (χ4n) is 1.53. The van der Waals surface area contributed by atoms with Gasteiger partial charge in [0.2, 0.25) is 6.08 Å². The minimum absolute atomic E-state index is 0.190. The topological polar surface area (TPSA) is 65.0 Å². The highest BCUT2D eigenvalue weighted by Gasteiger charge is 2.20. The van der Waals surface area contributed by atoms with Gasteiger partial charge in [-0.1, -0.05) is 20.8 Å². The molecule has 0 spiro atoms. The first-order chi connectivity index (χ1) is 9.93. The van der Waals surface area contributed by atoms with Gasteiger partial charge in [-0.15, -0.1) is 0 Å². The molecule has 1 aromatic rings. The number of rotatable bonds is 8. The monoisotopic (exact) mass is 291 g/mol. The van der Waals surface area contributed by atoms with E-state index in [9.17, 15) is 9.59 Å². The average Bonchev–Trinajstić information content (AvgIpc) is 2.43. The highest BCUT2D eigenvalue weighted by Crippen LogP contribution is 2.18. The van der Waals surface area contributed by atoms with Gasteiger partial charge < -0.3 is 9.47 Å². The third-order valence-electron chi connectivity index (χ3n) is 2.82. The number of aliphatic imine (C=N–C) groups is 1. The number of hydrogen-bond donors (Lipinski definition) is 0. The zero-order chi connectivity index (χ0) is 15.7. The van der Waals surface area contributed by atoms with Gasteiger partial charge in [-0.2, -0.15) is 4.99 Å². The van der Waals surface area contributed by atoms with E-state index in [1.54, 1.807) is 24.3 Å².